The summed E-state index contributed by atoms with van der Waals surface area (Å²) in [6.45, 7) is 4.06. The van der Waals surface area contributed by atoms with Gasteiger partial charge in [-0.3, -0.25) is 4.79 Å². The first-order chi connectivity index (χ1) is 10.8. The number of anilines is 1. The Kier molecular flexibility index (Phi) is 4.52. The maximum absolute atomic E-state index is 12.6. The van der Waals surface area contributed by atoms with Gasteiger partial charge >= 0.3 is 0 Å². The molecule has 0 amide bonds. The Morgan fingerprint density at radius 3 is 2.27 bits per heavy atom. The van der Waals surface area contributed by atoms with Gasteiger partial charge in [0.2, 0.25) is 0 Å². The molecule has 0 spiro atoms. The molecule has 1 saturated heterocycles. The Labute approximate surface area is 132 Å². The first-order valence-corrected chi connectivity index (χ1v) is 8.08. The number of carbonyl (C=O) groups excluding carboxylic acids is 1. The number of nitrogens with zero attached hydrogens (tertiary/aromatic N) is 2. The van der Waals surface area contributed by atoms with Crippen LogP contribution in [0.25, 0.3) is 0 Å². The Morgan fingerprint density at radius 2 is 1.64 bits per heavy atom. The molecule has 114 valence electrons. The summed E-state index contributed by atoms with van der Waals surface area (Å²) in [5, 5.41) is 0. The molecule has 3 rings (SSSR count). The van der Waals surface area contributed by atoms with E-state index in [4.69, 9.17) is 4.98 Å². The molecular weight excluding hydrogens is 272 g/mol. The molecule has 0 saturated carbocycles. The summed E-state index contributed by atoms with van der Waals surface area (Å²) in [4.78, 5) is 19.6. The van der Waals surface area contributed by atoms with Gasteiger partial charge in [0.15, 0.2) is 5.78 Å². The number of hydrogen-bond acceptors (Lipinski definition) is 3. The van der Waals surface area contributed by atoms with Gasteiger partial charge in [-0.2, -0.15) is 0 Å². The molecule has 0 atom stereocenters. The quantitative estimate of drug-likeness (QED) is 0.802. The van der Waals surface area contributed by atoms with E-state index in [0.29, 0.717) is 5.56 Å². The van der Waals surface area contributed by atoms with Crippen LogP contribution >= 0.6 is 0 Å². The summed E-state index contributed by atoms with van der Waals surface area (Å²) in [5.41, 5.74) is 2.23. The van der Waals surface area contributed by atoms with Gasteiger partial charge in [-0.25, -0.2) is 4.98 Å². The molecule has 2 aromatic rings. The van der Waals surface area contributed by atoms with Crippen LogP contribution in [0.3, 0.4) is 0 Å². The monoisotopic (exact) mass is 294 g/mol. The van der Waals surface area contributed by atoms with Crippen molar-refractivity contribution in [3.8, 4) is 0 Å². The van der Waals surface area contributed by atoms with E-state index in [1.165, 1.54) is 25.7 Å². The Morgan fingerprint density at radius 1 is 0.955 bits per heavy atom. The summed E-state index contributed by atoms with van der Waals surface area (Å²) in [6, 6.07) is 13.3. The number of hydrogen-bond donors (Lipinski definition) is 0. The summed E-state index contributed by atoms with van der Waals surface area (Å²) in [6.07, 6.45) is 5.07. The lowest BCUT2D eigenvalue weighted by Crippen LogP contribution is -2.25. The maximum atomic E-state index is 12.6. The van der Waals surface area contributed by atoms with Crippen LogP contribution in [-0.2, 0) is 0 Å². The van der Waals surface area contributed by atoms with Crippen molar-refractivity contribution in [1.29, 1.82) is 0 Å². The Hall–Kier alpha value is -2.16. The molecule has 1 aliphatic heterocycles. The average Bonchev–Trinajstić information content (AvgIpc) is 2.84. The number of benzene rings is 1. The van der Waals surface area contributed by atoms with Crippen LogP contribution in [0.4, 0.5) is 5.82 Å². The minimum Gasteiger partial charge on any atom is -0.357 e. The second kappa shape index (κ2) is 6.73. The molecule has 0 radical (unpaired) electrons. The molecule has 0 bridgehead atoms. The highest BCUT2D eigenvalue weighted by Crippen LogP contribution is 2.20. The van der Waals surface area contributed by atoms with Gasteiger partial charge in [-0.15, -0.1) is 0 Å². The van der Waals surface area contributed by atoms with Crippen LogP contribution in [0.5, 0.6) is 0 Å². The fourth-order valence-corrected chi connectivity index (χ4v) is 3.01. The highest BCUT2D eigenvalue weighted by Gasteiger charge is 2.16. The number of carbonyl (C=O) groups is 1. The van der Waals surface area contributed by atoms with Crippen molar-refractivity contribution in [3.63, 3.8) is 0 Å². The van der Waals surface area contributed by atoms with Crippen LogP contribution in [-0.4, -0.2) is 23.9 Å². The lowest BCUT2D eigenvalue weighted by atomic mass is 10.0. The Bertz CT molecular complexity index is 644. The molecule has 0 aliphatic carbocycles. The van der Waals surface area contributed by atoms with Crippen molar-refractivity contribution in [2.24, 2.45) is 0 Å². The minimum atomic E-state index is 0.0491. The average molecular weight is 294 g/mol. The molecular formula is C19H22N2O. The van der Waals surface area contributed by atoms with Gasteiger partial charge in [-0.05, 0) is 31.9 Å². The second-order valence-electron chi connectivity index (χ2n) is 5.90. The lowest BCUT2D eigenvalue weighted by Gasteiger charge is -2.22. The van der Waals surface area contributed by atoms with Crippen molar-refractivity contribution >= 4 is 11.6 Å². The van der Waals surface area contributed by atoms with Crippen molar-refractivity contribution in [2.45, 2.75) is 32.6 Å². The van der Waals surface area contributed by atoms with E-state index in [1.807, 2.05) is 49.4 Å². The molecule has 1 fully saturated rings. The predicted molar refractivity (Wildman–Crippen MR) is 89.5 cm³/mol. The molecule has 22 heavy (non-hydrogen) atoms. The standard InChI is InChI=1S/C19H22N2O/c1-15-17(19(22)16-9-5-4-6-10-16)11-12-18(20-15)21-13-7-2-3-8-14-21/h4-6,9-12H,2-3,7-8,13-14H2,1H3. The number of aromatic nitrogens is 1. The fraction of sp³-hybridized carbons (Fsp3) is 0.368. The van der Waals surface area contributed by atoms with E-state index < -0.39 is 0 Å². The van der Waals surface area contributed by atoms with Gasteiger partial charge in [-0.1, -0.05) is 43.2 Å². The normalized spacial score (nSPS) is 15.4. The number of ketones is 1. The SMILES string of the molecule is Cc1nc(N2CCCCCC2)ccc1C(=O)c1ccccc1. The van der Waals surface area contributed by atoms with Crippen LogP contribution in [0.2, 0.25) is 0 Å². The molecule has 1 aromatic heterocycles. The molecule has 0 N–H and O–H groups in total. The summed E-state index contributed by atoms with van der Waals surface area (Å²) in [5.74, 6) is 1.05. The zero-order valence-corrected chi connectivity index (χ0v) is 13.1. The molecule has 3 nitrogen and oxygen atoms in total. The summed E-state index contributed by atoms with van der Waals surface area (Å²) < 4.78 is 0. The third-order valence-corrected chi connectivity index (χ3v) is 4.28. The van der Waals surface area contributed by atoms with E-state index in [2.05, 4.69) is 4.90 Å². The zero-order chi connectivity index (χ0) is 15.4. The first-order valence-electron chi connectivity index (χ1n) is 8.08. The highest BCUT2D eigenvalue weighted by atomic mass is 16.1. The smallest absolute Gasteiger partial charge is 0.194 e. The van der Waals surface area contributed by atoms with E-state index in [0.717, 1.165) is 30.2 Å². The van der Waals surface area contributed by atoms with Crippen molar-refractivity contribution in [1.82, 2.24) is 4.98 Å². The molecule has 1 aromatic carbocycles. The number of pyridine rings is 1. The van der Waals surface area contributed by atoms with Gasteiger partial charge in [0, 0.05) is 24.2 Å². The van der Waals surface area contributed by atoms with E-state index >= 15 is 0 Å². The highest BCUT2D eigenvalue weighted by molar-refractivity contribution is 6.09. The maximum Gasteiger partial charge on any atom is 0.194 e. The topological polar surface area (TPSA) is 33.2 Å². The van der Waals surface area contributed by atoms with Crippen LogP contribution < -0.4 is 4.90 Å². The summed E-state index contributed by atoms with van der Waals surface area (Å²) >= 11 is 0. The van der Waals surface area contributed by atoms with Gasteiger partial charge in [0.05, 0.1) is 5.69 Å². The van der Waals surface area contributed by atoms with Gasteiger partial charge < -0.3 is 4.90 Å². The van der Waals surface area contributed by atoms with Crippen molar-refractivity contribution < 1.29 is 4.79 Å². The molecule has 1 aliphatic rings. The zero-order valence-electron chi connectivity index (χ0n) is 13.1. The third kappa shape index (κ3) is 3.19. The van der Waals surface area contributed by atoms with Crippen LogP contribution in [0.1, 0.15) is 47.3 Å². The van der Waals surface area contributed by atoms with Crippen LogP contribution in [0.15, 0.2) is 42.5 Å². The van der Waals surface area contributed by atoms with E-state index in [1.54, 1.807) is 0 Å². The first kappa shape index (κ1) is 14.8. The van der Waals surface area contributed by atoms with E-state index in [9.17, 15) is 4.79 Å². The third-order valence-electron chi connectivity index (χ3n) is 4.28. The minimum absolute atomic E-state index is 0.0491. The molecule has 2 heterocycles. The lowest BCUT2D eigenvalue weighted by molar-refractivity contribution is 0.103. The largest absolute Gasteiger partial charge is 0.357 e. The van der Waals surface area contributed by atoms with E-state index in [-0.39, 0.29) is 5.78 Å². The molecule has 0 unspecified atom stereocenters. The van der Waals surface area contributed by atoms with Gasteiger partial charge in [0.25, 0.3) is 0 Å². The predicted octanol–water partition coefficient (Wildman–Crippen LogP) is 4.00. The van der Waals surface area contributed by atoms with Crippen LogP contribution in [0, 0.1) is 6.92 Å². The van der Waals surface area contributed by atoms with Crippen molar-refractivity contribution in [3.05, 3.63) is 59.3 Å². The fourth-order valence-electron chi connectivity index (χ4n) is 3.01. The molecule has 3 heteroatoms. The van der Waals surface area contributed by atoms with Gasteiger partial charge in [0.1, 0.15) is 5.82 Å². The number of aryl methyl sites for hydroxylation is 1. The summed E-state index contributed by atoms with van der Waals surface area (Å²) in [7, 11) is 0. The Balaban J connectivity index is 1.84. The van der Waals surface area contributed by atoms with Crippen molar-refractivity contribution in [2.75, 3.05) is 18.0 Å². The second-order valence-corrected chi connectivity index (χ2v) is 5.90. The number of rotatable bonds is 3.